The number of hydrogen-bond donors (Lipinski definition) is 1. The van der Waals surface area contributed by atoms with Crippen LogP contribution in [0.3, 0.4) is 0 Å². The Morgan fingerprint density at radius 2 is 1.89 bits per heavy atom. The highest BCUT2D eigenvalue weighted by Crippen LogP contribution is 2.17. The minimum atomic E-state index is 0. The van der Waals surface area contributed by atoms with Crippen LogP contribution in [0.15, 0.2) is 0 Å². The molecule has 114 valence electrons. The smallest absolute Gasteiger partial charge is 0.239 e. The number of amides is 1. The third-order valence-corrected chi connectivity index (χ3v) is 4.05. The van der Waals surface area contributed by atoms with Crippen molar-refractivity contribution in [2.45, 2.75) is 44.2 Å². The number of nitrogens with zero attached hydrogens (tertiary/aromatic N) is 2. The van der Waals surface area contributed by atoms with Crippen molar-refractivity contribution in [2.24, 2.45) is 0 Å². The van der Waals surface area contributed by atoms with Gasteiger partial charge in [0.05, 0.1) is 6.04 Å². The summed E-state index contributed by atoms with van der Waals surface area (Å²) in [4.78, 5) is 16.7. The molecule has 2 saturated heterocycles. The average molecular weight is 312 g/mol. The predicted molar refractivity (Wildman–Crippen MR) is 83.4 cm³/mol. The lowest BCUT2D eigenvalue weighted by molar-refractivity contribution is -0.136. The number of piperidine rings is 2. The first-order valence-electron chi connectivity index (χ1n) is 6.87. The highest BCUT2D eigenvalue weighted by Gasteiger charge is 2.30. The lowest BCUT2D eigenvalue weighted by Crippen LogP contribution is -2.54. The molecule has 2 rings (SSSR count). The number of likely N-dealkylation sites (N-methyl/N-ethyl adjacent to an activating group) is 1. The molecule has 0 aromatic heterocycles. The van der Waals surface area contributed by atoms with Gasteiger partial charge < -0.3 is 15.1 Å². The second-order valence-corrected chi connectivity index (χ2v) is 5.55. The number of carbonyl (C=O) groups excluding carboxylic acids is 1. The van der Waals surface area contributed by atoms with Crippen LogP contribution in [0, 0.1) is 0 Å². The van der Waals surface area contributed by atoms with Crippen molar-refractivity contribution in [3.8, 4) is 0 Å². The number of nitrogens with one attached hydrogen (secondary N) is 1. The van der Waals surface area contributed by atoms with Crippen LogP contribution < -0.4 is 5.32 Å². The number of halogens is 2. The van der Waals surface area contributed by atoms with Crippen LogP contribution in [0.25, 0.3) is 0 Å². The van der Waals surface area contributed by atoms with Crippen molar-refractivity contribution in [1.82, 2.24) is 15.1 Å². The van der Waals surface area contributed by atoms with Crippen molar-refractivity contribution >= 4 is 30.7 Å². The van der Waals surface area contributed by atoms with E-state index in [1.165, 1.54) is 19.3 Å². The topological polar surface area (TPSA) is 35.6 Å². The Kier molecular flexibility index (Phi) is 8.99. The van der Waals surface area contributed by atoms with Gasteiger partial charge in [0.25, 0.3) is 0 Å². The number of carbonyl (C=O) groups is 1. The average Bonchev–Trinajstić information content (AvgIpc) is 2.39. The molecule has 2 fully saturated rings. The number of rotatable bonds is 2. The van der Waals surface area contributed by atoms with E-state index >= 15 is 0 Å². The largest absolute Gasteiger partial charge is 0.340 e. The van der Waals surface area contributed by atoms with Gasteiger partial charge in [-0.1, -0.05) is 6.42 Å². The molecule has 2 aliphatic rings. The summed E-state index contributed by atoms with van der Waals surface area (Å²) in [6.07, 6.45) is 5.77. The van der Waals surface area contributed by atoms with E-state index in [4.69, 9.17) is 0 Å². The number of likely N-dealkylation sites (tertiary alicyclic amines) is 1. The fraction of sp³-hybridized carbons (Fsp3) is 0.923. The molecule has 19 heavy (non-hydrogen) atoms. The first-order valence-corrected chi connectivity index (χ1v) is 6.87. The Labute approximate surface area is 129 Å². The number of hydrogen-bond acceptors (Lipinski definition) is 3. The predicted octanol–water partition coefficient (Wildman–Crippen LogP) is 1.52. The molecular weight excluding hydrogens is 285 g/mol. The summed E-state index contributed by atoms with van der Waals surface area (Å²) in [6.45, 7) is 2.85. The minimum Gasteiger partial charge on any atom is -0.340 e. The van der Waals surface area contributed by atoms with Crippen LogP contribution in [0.1, 0.15) is 32.1 Å². The fourth-order valence-corrected chi connectivity index (χ4v) is 2.86. The first-order chi connectivity index (χ1) is 8.18. The summed E-state index contributed by atoms with van der Waals surface area (Å²) in [5, 5.41) is 3.36. The molecule has 0 saturated carbocycles. The Balaban J connectivity index is 0.00000162. The van der Waals surface area contributed by atoms with Crippen LogP contribution >= 0.6 is 24.8 Å². The van der Waals surface area contributed by atoms with Crippen LogP contribution in [-0.2, 0) is 4.79 Å². The molecule has 0 aromatic rings. The molecule has 2 heterocycles. The second-order valence-electron chi connectivity index (χ2n) is 5.55. The Hall–Kier alpha value is -0.0300. The van der Waals surface area contributed by atoms with Crippen LogP contribution in [-0.4, -0.2) is 61.5 Å². The van der Waals surface area contributed by atoms with Gasteiger partial charge in [-0.3, -0.25) is 4.79 Å². The summed E-state index contributed by atoms with van der Waals surface area (Å²) < 4.78 is 0. The monoisotopic (exact) mass is 311 g/mol. The van der Waals surface area contributed by atoms with Crippen LogP contribution in [0.5, 0.6) is 0 Å². The van der Waals surface area contributed by atoms with Gasteiger partial charge in [-0.05, 0) is 46.3 Å². The third kappa shape index (κ3) is 5.10. The summed E-state index contributed by atoms with van der Waals surface area (Å²) in [7, 11) is 4.22. The zero-order valence-corrected chi connectivity index (χ0v) is 13.6. The molecule has 6 heteroatoms. The van der Waals surface area contributed by atoms with Gasteiger partial charge in [0.15, 0.2) is 0 Å². The van der Waals surface area contributed by atoms with Gasteiger partial charge in [-0.25, -0.2) is 0 Å². The van der Waals surface area contributed by atoms with E-state index in [0.717, 1.165) is 32.5 Å². The zero-order valence-electron chi connectivity index (χ0n) is 11.9. The molecule has 0 aliphatic carbocycles. The van der Waals surface area contributed by atoms with E-state index < -0.39 is 0 Å². The van der Waals surface area contributed by atoms with Gasteiger partial charge in [0.1, 0.15) is 0 Å². The Morgan fingerprint density at radius 1 is 1.16 bits per heavy atom. The lowest BCUT2D eigenvalue weighted by atomic mass is 10.0. The normalized spacial score (nSPS) is 27.4. The van der Waals surface area contributed by atoms with Gasteiger partial charge in [-0.2, -0.15) is 0 Å². The molecule has 0 spiro atoms. The molecule has 0 radical (unpaired) electrons. The Morgan fingerprint density at radius 3 is 2.47 bits per heavy atom. The fourth-order valence-electron chi connectivity index (χ4n) is 2.86. The molecular formula is C13H27Cl2N3O. The third-order valence-electron chi connectivity index (χ3n) is 4.05. The van der Waals surface area contributed by atoms with Gasteiger partial charge in [0, 0.05) is 19.1 Å². The molecule has 2 unspecified atom stereocenters. The molecule has 0 bridgehead atoms. The minimum absolute atomic E-state index is 0. The van der Waals surface area contributed by atoms with Gasteiger partial charge >= 0.3 is 0 Å². The zero-order chi connectivity index (χ0) is 12.3. The maximum absolute atomic E-state index is 12.4. The highest BCUT2D eigenvalue weighted by atomic mass is 35.5. The van der Waals surface area contributed by atoms with Gasteiger partial charge in [-0.15, -0.1) is 24.8 Å². The lowest BCUT2D eigenvalue weighted by Gasteiger charge is -2.38. The Bertz CT molecular complexity index is 271. The van der Waals surface area contributed by atoms with E-state index in [1.54, 1.807) is 0 Å². The van der Waals surface area contributed by atoms with E-state index in [1.807, 2.05) is 0 Å². The molecule has 2 aliphatic heterocycles. The summed E-state index contributed by atoms with van der Waals surface area (Å²) in [5.41, 5.74) is 0. The van der Waals surface area contributed by atoms with Crippen LogP contribution in [0.2, 0.25) is 0 Å². The van der Waals surface area contributed by atoms with E-state index in [-0.39, 0.29) is 30.9 Å². The molecule has 1 N–H and O–H groups in total. The highest BCUT2D eigenvalue weighted by molar-refractivity contribution is 5.85. The maximum Gasteiger partial charge on any atom is 0.239 e. The van der Waals surface area contributed by atoms with Crippen molar-refractivity contribution in [1.29, 1.82) is 0 Å². The van der Waals surface area contributed by atoms with E-state index in [9.17, 15) is 4.79 Å². The molecule has 1 amide bonds. The van der Waals surface area contributed by atoms with Crippen molar-refractivity contribution in [3.63, 3.8) is 0 Å². The second kappa shape index (κ2) is 9.01. The van der Waals surface area contributed by atoms with Crippen molar-refractivity contribution in [3.05, 3.63) is 0 Å². The summed E-state index contributed by atoms with van der Waals surface area (Å²) >= 11 is 0. The SMILES string of the molecule is CN(C)C1CCCN(C(=O)C2CCCCN2)C1.Cl.Cl. The quantitative estimate of drug-likeness (QED) is 0.840. The van der Waals surface area contributed by atoms with E-state index in [2.05, 4.69) is 29.2 Å². The van der Waals surface area contributed by atoms with E-state index in [0.29, 0.717) is 11.9 Å². The first kappa shape index (κ1) is 19.0. The molecule has 2 atom stereocenters. The maximum atomic E-state index is 12.4. The molecule has 4 nitrogen and oxygen atoms in total. The molecule has 0 aromatic carbocycles. The van der Waals surface area contributed by atoms with Crippen LogP contribution in [0.4, 0.5) is 0 Å². The van der Waals surface area contributed by atoms with Crippen molar-refractivity contribution < 1.29 is 4.79 Å². The standard InChI is InChI=1S/C13H25N3O.2ClH/c1-15(2)11-6-5-9-16(10-11)13(17)12-7-3-4-8-14-12;;/h11-12,14H,3-10H2,1-2H3;2*1H. The van der Waals surface area contributed by atoms with Crippen molar-refractivity contribution in [2.75, 3.05) is 33.7 Å². The summed E-state index contributed by atoms with van der Waals surface area (Å²) in [5.74, 6) is 0.330. The summed E-state index contributed by atoms with van der Waals surface area (Å²) in [6, 6.07) is 0.626. The van der Waals surface area contributed by atoms with Gasteiger partial charge in [0.2, 0.25) is 5.91 Å².